The number of rotatable bonds is 8. The third-order valence-corrected chi connectivity index (χ3v) is 5.70. The number of nitrogens with one attached hydrogen (secondary N) is 1. The van der Waals surface area contributed by atoms with E-state index >= 15 is 0 Å². The molecule has 7 heteroatoms. The lowest BCUT2D eigenvalue weighted by molar-refractivity contribution is -0.130. The van der Waals surface area contributed by atoms with E-state index in [1.54, 1.807) is 24.7 Å². The van der Waals surface area contributed by atoms with Crippen molar-refractivity contribution in [3.05, 3.63) is 59.3 Å². The summed E-state index contributed by atoms with van der Waals surface area (Å²) in [5, 5.41) is 0. The summed E-state index contributed by atoms with van der Waals surface area (Å²) in [4.78, 5) is 38.1. The number of H-pyrrole nitrogens is 1. The van der Waals surface area contributed by atoms with Crippen molar-refractivity contribution in [3.63, 3.8) is 0 Å². The molecule has 2 aromatic rings. The maximum absolute atomic E-state index is 12.7. The number of likely N-dealkylation sites (N-methyl/N-ethyl adjacent to an activating group) is 1. The number of aromatic nitrogens is 2. The minimum absolute atomic E-state index is 0.0407. The van der Waals surface area contributed by atoms with Gasteiger partial charge in [0.25, 0.3) is 5.56 Å². The number of carbonyl (C=O) groups is 1. The largest absolute Gasteiger partial charge is 0.360 e. The average molecular weight is 408 g/mol. The molecule has 0 aromatic carbocycles. The van der Waals surface area contributed by atoms with E-state index in [9.17, 15) is 9.59 Å². The Hall–Kier alpha value is -2.93. The number of nitrogens with zero attached hydrogens (tertiary/aromatic N) is 4. The fourth-order valence-electron chi connectivity index (χ4n) is 3.72. The minimum Gasteiger partial charge on any atom is -0.360 e. The maximum atomic E-state index is 12.7. The van der Waals surface area contributed by atoms with Crippen LogP contribution < -0.4 is 10.5 Å². The topological polar surface area (TPSA) is 72.5 Å². The first-order valence-corrected chi connectivity index (χ1v) is 10.5. The highest BCUT2D eigenvalue weighted by molar-refractivity contribution is 5.88. The predicted molar refractivity (Wildman–Crippen MR) is 118 cm³/mol. The van der Waals surface area contributed by atoms with Gasteiger partial charge in [-0.05, 0) is 56.6 Å². The van der Waals surface area contributed by atoms with Gasteiger partial charge < -0.3 is 19.7 Å². The molecule has 1 amide bonds. The number of aromatic amines is 1. The Balaban J connectivity index is 1.50. The monoisotopic (exact) mass is 407 g/mol. The smallest absolute Gasteiger partial charge is 0.271 e. The molecule has 158 valence electrons. The van der Waals surface area contributed by atoms with Crippen molar-refractivity contribution in [2.45, 2.75) is 18.9 Å². The number of carbonyl (C=O) groups excluding carboxylic acids is 1. The Morgan fingerprint density at radius 3 is 2.63 bits per heavy atom. The lowest BCUT2D eigenvalue weighted by Crippen LogP contribution is -2.62. The first kappa shape index (κ1) is 20.3. The van der Waals surface area contributed by atoms with Crippen molar-refractivity contribution in [1.82, 2.24) is 19.8 Å². The second-order valence-corrected chi connectivity index (χ2v) is 8.50. The zero-order chi connectivity index (χ0) is 21.1. The van der Waals surface area contributed by atoms with Gasteiger partial charge in [-0.25, -0.2) is 0 Å². The molecule has 0 unspecified atom stereocenters. The van der Waals surface area contributed by atoms with Crippen molar-refractivity contribution in [2.24, 2.45) is 5.92 Å². The van der Waals surface area contributed by atoms with Gasteiger partial charge in [-0.3, -0.25) is 14.6 Å². The second kappa shape index (κ2) is 8.83. The number of hydrogen-bond donors (Lipinski definition) is 1. The Bertz CT molecular complexity index is 959. The molecule has 2 aromatic heterocycles. The fourth-order valence-corrected chi connectivity index (χ4v) is 3.72. The number of hydrogen-bond acceptors (Lipinski definition) is 5. The molecule has 1 saturated heterocycles. The van der Waals surface area contributed by atoms with E-state index in [-0.39, 0.29) is 17.5 Å². The lowest BCUT2D eigenvalue weighted by atomic mass is 10.0. The van der Waals surface area contributed by atoms with E-state index in [1.807, 2.05) is 48.2 Å². The van der Waals surface area contributed by atoms with Crippen LogP contribution in [-0.2, 0) is 4.79 Å². The van der Waals surface area contributed by atoms with Crippen LogP contribution in [0, 0.1) is 5.92 Å². The van der Waals surface area contributed by atoms with Gasteiger partial charge in [0, 0.05) is 56.4 Å². The van der Waals surface area contributed by atoms with Gasteiger partial charge in [0.05, 0.1) is 6.04 Å². The Morgan fingerprint density at radius 2 is 1.97 bits per heavy atom. The predicted octanol–water partition coefficient (Wildman–Crippen LogP) is 1.98. The molecule has 7 nitrogen and oxygen atoms in total. The van der Waals surface area contributed by atoms with E-state index in [0.717, 1.165) is 24.2 Å². The number of anilines is 1. The van der Waals surface area contributed by atoms with Crippen LogP contribution in [-0.4, -0.2) is 72.0 Å². The van der Waals surface area contributed by atoms with Crippen molar-refractivity contribution in [2.75, 3.05) is 45.2 Å². The summed E-state index contributed by atoms with van der Waals surface area (Å²) in [6.07, 6.45) is 11.2. The molecule has 2 fully saturated rings. The zero-order valence-corrected chi connectivity index (χ0v) is 17.6. The van der Waals surface area contributed by atoms with Crippen molar-refractivity contribution in [3.8, 4) is 11.1 Å². The molecule has 3 heterocycles. The third-order valence-electron chi connectivity index (χ3n) is 5.70. The highest BCUT2D eigenvalue weighted by Crippen LogP contribution is 2.33. The summed E-state index contributed by atoms with van der Waals surface area (Å²) >= 11 is 0. The van der Waals surface area contributed by atoms with Gasteiger partial charge in [0.1, 0.15) is 5.69 Å². The molecule has 1 saturated carbocycles. The number of pyridine rings is 2. The lowest BCUT2D eigenvalue weighted by Gasteiger charge is -2.46. The van der Waals surface area contributed by atoms with E-state index in [4.69, 9.17) is 0 Å². The van der Waals surface area contributed by atoms with E-state index < -0.39 is 0 Å². The summed E-state index contributed by atoms with van der Waals surface area (Å²) in [5.74, 6) is 0.678. The highest BCUT2D eigenvalue weighted by Gasteiger charge is 2.37. The molecule has 1 N–H and O–H groups in total. The van der Waals surface area contributed by atoms with E-state index in [2.05, 4.69) is 14.9 Å². The SMILES string of the molecule is CN(C)CC=CC(=O)N1CC(N(CC2CC2)c2cc(-c3ccncc3)c[nH]c2=O)C1. The van der Waals surface area contributed by atoms with Crippen LogP contribution in [0.2, 0.25) is 0 Å². The molecule has 0 radical (unpaired) electrons. The van der Waals surface area contributed by atoms with Crippen LogP contribution in [0.3, 0.4) is 0 Å². The number of amides is 1. The average Bonchev–Trinajstić information content (AvgIpc) is 3.51. The van der Waals surface area contributed by atoms with Gasteiger partial charge in [-0.2, -0.15) is 0 Å². The molecule has 4 rings (SSSR count). The first-order valence-electron chi connectivity index (χ1n) is 10.5. The molecule has 1 aliphatic heterocycles. The summed E-state index contributed by atoms with van der Waals surface area (Å²) < 4.78 is 0. The van der Waals surface area contributed by atoms with E-state index in [1.165, 1.54) is 12.8 Å². The molecule has 0 bridgehead atoms. The van der Waals surface area contributed by atoms with Crippen molar-refractivity contribution in [1.29, 1.82) is 0 Å². The first-order chi connectivity index (χ1) is 14.5. The highest BCUT2D eigenvalue weighted by atomic mass is 16.2. The molecule has 2 aliphatic rings. The van der Waals surface area contributed by atoms with Crippen LogP contribution in [0.5, 0.6) is 0 Å². The van der Waals surface area contributed by atoms with Gasteiger partial charge in [0.2, 0.25) is 5.91 Å². The molecule has 1 aliphatic carbocycles. The molecule has 30 heavy (non-hydrogen) atoms. The third kappa shape index (κ3) is 4.79. The molecule has 0 atom stereocenters. The Kier molecular flexibility index (Phi) is 5.99. The van der Waals surface area contributed by atoms with Crippen LogP contribution in [0.25, 0.3) is 11.1 Å². The Labute approximate surface area is 177 Å². The number of likely N-dealkylation sites (tertiary alicyclic amines) is 1. The van der Waals surface area contributed by atoms with Gasteiger partial charge >= 0.3 is 0 Å². The summed E-state index contributed by atoms with van der Waals surface area (Å²) in [7, 11) is 3.95. The van der Waals surface area contributed by atoms with Crippen LogP contribution in [0.1, 0.15) is 12.8 Å². The summed E-state index contributed by atoms with van der Waals surface area (Å²) in [6.45, 7) is 2.91. The zero-order valence-electron chi connectivity index (χ0n) is 17.6. The minimum atomic E-state index is -0.0795. The van der Waals surface area contributed by atoms with Crippen LogP contribution in [0.4, 0.5) is 5.69 Å². The standard InChI is InChI=1S/C23H29N5O2/c1-26(2)11-3-4-22(29)27-15-20(16-27)28(14-17-5-6-17)21-12-19(13-25-23(21)30)18-7-9-24-10-8-18/h3-4,7-10,12-13,17,20H,5-6,11,14-16H2,1-2H3,(H,25,30). The van der Waals surface area contributed by atoms with Gasteiger partial charge in [0.15, 0.2) is 0 Å². The normalized spacial score (nSPS) is 16.8. The molecular weight excluding hydrogens is 378 g/mol. The second-order valence-electron chi connectivity index (χ2n) is 8.50. The van der Waals surface area contributed by atoms with Crippen molar-refractivity contribution >= 4 is 11.6 Å². The molecule has 0 spiro atoms. The van der Waals surface area contributed by atoms with Crippen molar-refractivity contribution < 1.29 is 4.79 Å². The maximum Gasteiger partial charge on any atom is 0.271 e. The van der Waals surface area contributed by atoms with Gasteiger partial charge in [-0.1, -0.05) is 6.08 Å². The van der Waals surface area contributed by atoms with Crippen LogP contribution >= 0.6 is 0 Å². The van der Waals surface area contributed by atoms with Gasteiger partial charge in [-0.15, -0.1) is 0 Å². The van der Waals surface area contributed by atoms with Crippen LogP contribution in [0.15, 0.2) is 53.7 Å². The summed E-state index contributed by atoms with van der Waals surface area (Å²) in [5.41, 5.74) is 2.59. The van der Waals surface area contributed by atoms with E-state index in [0.29, 0.717) is 24.7 Å². The fraction of sp³-hybridized carbons (Fsp3) is 0.435. The molecular formula is C23H29N5O2. The summed E-state index contributed by atoms with van der Waals surface area (Å²) in [6, 6.07) is 6.02. The Morgan fingerprint density at radius 1 is 1.23 bits per heavy atom. The quantitative estimate of drug-likeness (QED) is 0.678.